The second-order valence-electron chi connectivity index (χ2n) is 3.25. The molecule has 0 aromatic rings. The van der Waals surface area contributed by atoms with Gasteiger partial charge in [0.2, 0.25) is 5.91 Å². The fourth-order valence-corrected chi connectivity index (χ4v) is 1.63. The first-order valence-corrected chi connectivity index (χ1v) is 5.56. The van der Waals surface area contributed by atoms with Gasteiger partial charge in [-0.15, -0.1) is 0 Å². The molecule has 1 atom stereocenters. The van der Waals surface area contributed by atoms with E-state index in [-0.39, 0.29) is 16.9 Å². The van der Waals surface area contributed by atoms with Crippen LogP contribution in [-0.4, -0.2) is 55.0 Å². The SMILES string of the molecule is COC(=O)[C@H](CSC(=O)N(C)C)NC(C)=O. The van der Waals surface area contributed by atoms with E-state index >= 15 is 0 Å². The molecule has 0 aliphatic heterocycles. The van der Waals surface area contributed by atoms with Crippen molar-refractivity contribution in [2.75, 3.05) is 27.0 Å². The van der Waals surface area contributed by atoms with Crippen molar-refractivity contribution in [1.29, 1.82) is 0 Å². The van der Waals surface area contributed by atoms with Crippen LogP contribution in [0.5, 0.6) is 0 Å². The first-order chi connectivity index (χ1) is 7.38. The maximum Gasteiger partial charge on any atom is 0.329 e. The molecule has 0 aromatic carbocycles. The molecule has 6 nitrogen and oxygen atoms in total. The van der Waals surface area contributed by atoms with Gasteiger partial charge in [0, 0.05) is 26.8 Å². The smallest absolute Gasteiger partial charge is 0.329 e. The third kappa shape index (κ3) is 5.59. The van der Waals surface area contributed by atoms with Gasteiger partial charge in [0.05, 0.1) is 7.11 Å². The van der Waals surface area contributed by atoms with E-state index in [9.17, 15) is 14.4 Å². The predicted molar refractivity (Wildman–Crippen MR) is 61.2 cm³/mol. The Morgan fingerprint density at radius 2 is 1.94 bits per heavy atom. The molecule has 2 amide bonds. The quantitative estimate of drug-likeness (QED) is 0.713. The second-order valence-corrected chi connectivity index (χ2v) is 4.22. The zero-order valence-corrected chi connectivity index (χ0v) is 10.6. The molecule has 0 spiro atoms. The molecule has 92 valence electrons. The summed E-state index contributed by atoms with van der Waals surface area (Å²) < 4.78 is 4.51. The van der Waals surface area contributed by atoms with Crippen molar-refractivity contribution >= 4 is 28.9 Å². The zero-order valence-electron chi connectivity index (χ0n) is 9.77. The van der Waals surface area contributed by atoms with E-state index in [2.05, 4.69) is 10.1 Å². The van der Waals surface area contributed by atoms with Crippen LogP contribution in [0.2, 0.25) is 0 Å². The van der Waals surface area contributed by atoms with Gasteiger partial charge in [-0.1, -0.05) is 11.8 Å². The summed E-state index contributed by atoms with van der Waals surface area (Å²) >= 11 is 0.950. The minimum Gasteiger partial charge on any atom is -0.467 e. The number of nitrogens with one attached hydrogen (secondary N) is 1. The molecule has 0 fully saturated rings. The number of carbonyl (C=O) groups excluding carboxylic acids is 3. The standard InChI is InChI=1S/C9H16N2O4S/c1-6(12)10-7(8(13)15-4)5-16-9(14)11(2)3/h7H,5H2,1-4H3,(H,10,12)/t7-/m0/s1. The van der Waals surface area contributed by atoms with Crippen molar-refractivity contribution in [3.8, 4) is 0 Å². The molecule has 0 radical (unpaired) electrons. The highest BCUT2D eigenvalue weighted by Gasteiger charge is 2.21. The van der Waals surface area contributed by atoms with Gasteiger partial charge >= 0.3 is 5.97 Å². The lowest BCUT2D eigenvalue weighted by Crippen LogP contribution is -2.42. The molecular formula is C9H16N2O4S. The average molecular weight is 248 g/mol. The molecule has 0 aliphatic carbocycles. The first kappa shape index (κ1) is 14.8. The number of carbonyl (C=O) groups is 3. The van der Waals surface area contributed by atoms with Crippen molar-refractivity contribution in [3.63, 3.8) is 0 Å². The van der Waals surface area contributed by atoms with Gasteiger partial charge < -0.3 is 15.0 Å². The van der Waals surface area contributed by atoms with E-state index in [1.54, 1.807) is 14.1 Å². The Labute approximate surface area is 98.7 Å². The number of methoxy groups -OCH3 is 1. The van der Waals surface area contributed by atoms with Crippen molar-refractivity contribution in [2.45, 2.75) is 13.0 Å². The summed E-state index contributed by atoms with van der Waals surface area (Å²) in [4.78, 5) is 34.7. The molecular weight excluding hydrogens is 232 g/mol. The lowest BCUT2D eigenvalue weighted by molar-refractivity contribution is -0.144. The third-order valence-electron chi connectivity index (χ3n) is 1.60. The largest absolute Gasteiger partial charge is 0.467 e. The van der Waals surface area contributed by atoms with E-state index in [1.165, 1.54) is 18.9 Å². The summed E-state index contributed by atoms with van der Waals surface area (Å²) in [7, 11) is 4.46. The lowest BCUT2D eigenvalue weighted by Gasteiger charge is -2.16. The van der Waals surface area contributed by atoms with E-state index in [1.807, 2.05) is 0 Å². The Morgan fingerprint density at radius 3 is 2.31 bits per heavy atom. The van der Waals surface area contributed by atoms with Crippen molar-refractivity contribution < 1.29 is 19.1 Å². The average Bonchev–Trinajstić information content (AvgIpc) is 2.21. The number of rotatable bonds is 4. The summed E-state index contributed by atoms with van der Waals surface area (Å²) in [6, 6.07) is -0.795. The Morgan fingerprint density at radius 1 is 1.38 bits per heavy atom. The number of ether oxygens (including phenoxy) is 1. The topological polar surface area (TPSA) is 75.7 Å². The zero-order chi connectivity index (χ0) is 12.7. The molecule has 0 heterocycles. The van der Waals surface area contributed by atoms with Crippen LogP contribution in [0, 0.1) is 0 Å². The number of hydrogen-bond donors (Lipinski definition) is 1. The molecule has 0 saturated carbocycles. The van der Waals surface area contributed by atoms with Crippen LogP contribution in [0.25, 0.3) is 0 Å². The molecule has 1 N–H and O–H groups in total. The van der Waals surface area contributed by atoms with Gasteiger partial charge in [-0.2, -0.15) is 0 Å². The second kappa shape index (κ2) is 7.10. The minimum absolute atomic E-state index is 0.156. The van der Waals surface area contributed by atoms with Crippen molar-refractivity contribution in [1.82, 2.24) is 10.2 Å². The van der Waals surface area contributed by atoms with Crippen LogP contribution in [0.3, 0.4) is 0 Å². The summed E-state index contributed by atoms with van der Waals surface area (Å²) in [6.07, 6.45) is 0. The molecule has 0 saturated heterocycles. The number of amides is 2. The molecule has 16 heavy (non-hydrogen) atoms. The number of thioether (sulfide) groups is 1. The van der Waals surface area contributed by atoms with Crippen LogP contribution in [0.4, 0.5) is 4.79 Å². The number of esters is 1. The highest BCUT2D eigenvalue weighted by molar-refractivity contribution is 8.13. The highest BCUT2D eigenvalue weighted by Crippen LogP contribution is 2.08. The molecule has 0 rings (SSSR count). The molecule has 0 unspecified atom stereocenters. The van der Waals surface area contributed by atoms with Gasteiger partial charge in [0.25, 0.3) is 5.24 Å². The van der Waals surface area contributed by atoms with Gasteiger partial charge in [-0.3, -0.25) is 9.59 Å². The maximum atomic E-state index is 11.3. The monoisotopic (exact) mass is 248 g/mol. The van der Waals surface area contributed by atoms with Crippen LogP contribution >= 0.6 is 11.8 Å². The van der Waals surface area contributed by atoms with Gasteiger partial charge in [0.1, 0.15) is 6.04 Å². The summed E-state index contributed by atoms with van der Waals surface area (Å²) in [5, 5.41) is 2.24. The van der Waals surface area contributed by atoms with Crippen molar-refractivity contribution in [3.05, 3.63) is 0 Å². The van der Waals surface area contributed by atoms with Crippen LogP contribution < -0.4 is 5.32 Å². The Hall–Kier alpha value is -1.24. The summed E-state index contributed by atoms with van der Waals surface area (Å²) in [5.74, 6) is -0.744. The minimum atomic E-state index is -0.795. The van der Waals surface area contributed by atoms with Gasteiger partial charge in [-0.05, 0) is 0 Å². The molecule has 0 aromatic heterocycles. The Kier molecular flexibility index (Phi) is 6.55. The van der Waals surface area contributed by atoms with E-state index in [4.69, 9.17) is 0 Å². The summed E-state index contributed by atoms with van der Waals surface area (Å²) in [6.45, 7) is 1.30. The lowest BCUT2D eigenvalue weighted by atomic mass is 10.3. The van der Waals surface area contributed by atoms with E-state index in [0.717, 1.165) is 11.8 Å². The van der Waals surface area contributed by atoms with Gasteiger partial charge in [0.15, 0.2) is 0 Å². The first-order valence-electron chi connectivity index (χ1n) is 4.57. The normalized spacial score (nSPS) is 11.5. The molecule has 0 bridgehead atoms. The van der Waals surface area contributed by atoms with E-state index in [0.29, 0.717) is 0 Å². The van der Waals surface area contributed by atoms with Gasteiger partial charge in [-0.25, -0.2) is 4.79 Å². The van der Waals surface area contributed by atoms with E-state index < -0.39 is 12.0 Å². The van der Waals surface area contributed by atoms with Crippen molar-refractivity contribution in [2.24, 2.45) is 0 Å². The molecule has 0 aliphatic rings. The number of nitrogens with zero attached hydrogens (tertiary/aromatic N) is 1. The predicted octanol–water partition coefficient (Wildman–Crippen LogP) is 0.0789. The summed E-state index contributed by atoms with van der Waals surface area (Å²) in [5.41, 5.74) is 0. The Balaban J connectivity index is 4.27. The van der Waals surface area contributed by atoms with Crippen LogP contribution in [-0.2, 0) is 14.3 Å². The Bertz CT molecular complexity index is 281. The van der Waals surface area contributed by atoms with Crippen LogP contribution in [0.15, 0.2) is 0 Å². The molecule has 7 heteroatoms. The fraction of sp³-hybridized carbons (Fsp3) is 0.667. The fourth-order valence-electron chi connectivity index (χ4n) is 0.840. The maximum absolute atomic E-state index is 11.3. The highest BCUT2D eigenvalue weighted by atomic mass is 32.2. The van der Waals surface area contributed by atoms with Crippen LogP contribution in [0.1, 0.15) is 6.92 Å². The number of hydrogen-bond acceptors (Lipinski definition) is 5. The third-order valence-corrected chi connectivity index (χ3v) is 2.71.